The van der Waals surface area contributed by atoms with Crippen LogP contribution in [0, 0.1) is 13.8 Å². The van der Waals surface area contributed by atoms with Gasteiger partial charge in [0.15, 0.2) is 10.9 Å². The largest absolute Gasteiger partial charge is 0.497 e. The quantitative estimate of drug-likeness (QED) is 0.184. The minimum Gasteiger partial charge on any atom is -0.497 e. The van der Waals surface area contributed by atoms with Gasteiger partial charge in [-0.2, -0.15) is 0 Å². The first-order valence-corrected chi connectivity index (χ1v) is 13.3. The number of thioether (sulfide) groups is 1. The molecule has 0 fully saturated rings. The van der Waals surface area contributed by atoms with Crippen LogP contribution in [0.1, 0.15) is 52.6 Å². The number of hydrogen-bond donors (Lipinski definition) is 1. The molecule has 0 unspecified atom stereocenters. The number of rotatable bonds is 8. The Bertz CT molecular complexity index is 1580. The van der Waals surface area contributed by atoms with Crippen LogP contribution in [-0.2, 0) is 0 Å². The van der Waals surface area contributed by atoms with E-state index in [1.165, 1.54) is 16.3 Å². The Hall–Kier alpha value is -3.91. The molecule has 3 aromatic carbocycles. The molecule has 1 atom stereocenters. The van der Waals surface area contributed by atoms with Crippen molar-refractivity contribution in [3.8, 4) is 11.4 Å². The van der Waals surface area contributed by atoms with Crippen molar-refractivity contribution in [3.63, 3.8) is 0 Å². The van der Waals surface area contributed by atoms with Crippen LogP contribution in [0.2, 0.25) is 0 Å². The van der Waals surface area contributed by atoms with E-state index in [1.807, 2.05) is 52.8 Å². The maximum absolute atomic E-state index is 13.8. The van der Waals surface area contributed by atoms with Gasteiger partial charge in [0.05, 0.1) is 29.0 Å². The van der Waals surface area contributed by atoms with Gasteiger partial charge in [-0.05, 0) is 94.3 Å². The van der Waals surface area contributed by atoms with Crippen LogP contribution in [0.4, 0.5) is 0 Å². The minimum atomic E-state index is -0.515. The number of carbonyl (C=O) groups is 2. The van der Waals surface area contributed by atoms with E-state index < -0.39 is 5.25 Å². The number of nitrogens with zero attached hydrogens (tertiary/aromatic N) is 2. The number of ketones is 1. The molecule has 1 amide bonds. The van der Waals surface area contributed by atoms with Crippen molar-refractivity contribution in [1.29, 1.82) is 0 Å². The van der Waals surface area contributed by atoms with Gasteiger partial charge in [-0.25, -0.2) is 4.98 Å². The highest BCUT2D eigenvalue weighted by molar-refractivity contribution is 8.00. The summed E-state index contributed by atoms with van der Waals surface area (Å²) in [5, 5.41) is 3.08. The third kappa shape index (κ3) is 5.65. The van der Waals surface area contributed by atoms with Gasteiger partial charge >= 0.3 is 0 Å². The monoisotopic (exact) mass is 529 g/mol. The summed E-state index contributed by atoms with van der Waals surface area (Å²) in [7, 11) is 1.58. The molecule has 0 aliphatic carbocycles. The molecule has 4 rings (SSSR count). The van der Waals surface area contributed by atoms with Crippen LogP contribution in [-0.4, -0.2) is 39.6 Å². The van der Waals surface area contributed by atoms with Crippen molar-refractivity contribution in [3.05, 3.63) is 93.3 Å². The van der Waals surface area contributed by atoms with Crippen LogP contribution in [0.25, 0.3) is 16.6 Å². The zero-order valence-electron chi connectivity index (χ0n) is 22.4. The van der Waals surface area contributed by atoms with E-state index >= 15 is 0 Å². The van der Waals surface area contributed by atoms with E-state index in [0.29, 0.717) is 38.6 Å². The fourth-order valence-corrected chi connectivity index (χ4v) is 5.04. The van der Waals surface area contributed by atoms with E-state index in [1.54, 1.807) is 49.6 Å². The number of amides is 1. The van der Waals surface area contributed by atoms with Crippen molar-refractivity contribution in [2.24, 2.45) is 0 Å². The van der Waals surface area contributed by atoms with Crippen molar-refractivity contribution in [2.45, 2.75) is 51.1 Å². The van der Waals surface area contributed by atoms with E-state index in [9.17, 15) is 14.4 Å². The number of carbonyl (C=O) groups excluding carboxylic acids is 2. The number of benzene rings is 3. The van der Waals surface area contributed by atoms with Crippen molar-refractivity contribution in [2.75, 3.05) is 7.11 Å². The second kappa shape index (κ2) is 11.2. The molecule has 7 nitrogen and oxygen atoms in total. The molecule has 0 aliphatic rings. The van der Waals surface area contributed by atoms with Gasteiger partial charge in [-0.3, -0.25) is 19.0 Å². The summed E-state index contributed by atoms with van der Waals surface area (Å²) >= 11 is 1.21. The maximum atomic E-state index is 13.8. The Morgan fingerprint density at radius 1 is 0.921 bits per heavy atom. The first-order valence-electron chi connectivity index (χ1n) is 12.4. The smallest absolute Gasteiger partial charge is 0.266 e. The van der Waals surface area contributed by atoms with Crippen LogP contribution >= 0.6 is 11.8 Å². The summed E-state index contributed by atoms with van der Waals surface area (Å²) in [5.74, 6) is 0.359. The van der Waals surface area contributed by atoms with Crippen LogP contribution in [0.3, 0.4) is 0 Å². The van der Waals surface area contributed by atoms with Crippen molar-refractivity contribution < 1.29 is 14.3 Å². The van der Waals surface area contributed by atoms with Crippen LogP contribution < -0.4 is 15.6 Å². The summed E-state index contributed by atoms with van der Waals surface area (Å²) in [6.07, 6.45) is 0. The average molecular weight is 530 g/mol. The van der Waals surface area contributed by atoms with Gasteiger partial charge in [0.25, 0.3) is 11.5 Å². The number of ether oxygens (including phenoxy) is 1. The Kier molecular flexibility index (Phi) is 8.02. The van der Waals surface area contributed by atoms with E-state index in [4.69, 9.17) is 9.72 Å². The third-order valence-electron chi connectivity index (χ3n) is 6.29. The first-order chi connectivity index (χ1) is 18.1. The Morgan fingerprint density at radius 3 is 2.24 bits per heavy atom. The zero-order chi connectivity index (χ0) is 27.6. The highest BCUT2D eigenvalue weighted by Crippen LogP contribution is 2.28. The normalized spacial score (nSPS) is 12.0. The van der Waals surface area contributed by atoms with Gasteiger partial charge < -0.3 is 10.1 Å². The molecule has 0 saturated carbocycles. The number of aryl methyl sites for hydroxylation is 2. The molecule has 0 bridgehead atoms. The lowest BCUT2D eigenvalue weighted by atomic mass is 10.0. The minimum absolute atomic E-state index is 0.0300. The fraction of sp³-hybridized carbons (Fsp3) is 0.267. The Balaban J connectivity index is 1.82. The SMILES string of the molecule is COc1ccc(-n2c(S[C@@H](C)C(=O)c3ccc(C)c(C)c3)nc3cc(C(=O)NC(C)C)ccc3c2=O)cc1. The molecule has 0 spiro atoms. The lowest BCUT2D eigenvalue weighted by molar-refractivity contribution is 0.0942. The van der Waals surface area contributed by atoms with E-state index in [-0.39, 0.29) is 23.3 Å². The fourth-order valence-electron chi connectivity index (χ4n) is 4.03. The molecule has 1 aromatic heterocycles. The highest BCUT2D eigenvalue weighted by atomic mass is 32.2. The van der Waals surface area contributed by atoms with Gasteiger partial charge in [0.1, 0.15) is 5.75 Å². The number of aromatic nitrogens is 2. The van der Waals surface area contributed by atoms with Crippen LogP contribution in [0.15, 0.2) is 70.6 Å². The number of nitrogens with one attached hydrogen (secondary N) is 1. The number of hydrogen-bond acceptors (Lipinski definition) is 6. The predicted octanol–water partition coefficient (Wildman–Crippen LogP) is 5.51. The standard InChI is InChI=1S/C30H31N3O4S/c1-17(2)31-28(35)22-9-14-25-26(16-22)32-30(33(29(25)36)23-10-12-24(37-6)13-11-23)38-20(5)27(34)21-8-7-18(3)19(4)15-21/h7-17,20H,1-6H3,(H,31,35)/t20-/m0/s1. The van der Waals surface area contributed by atoms with Crippen LogP contribution in [0.5, 0.6) is 5.75 Å². The topological polar surface area (TPSA) is 90.3 Å². The molecule has 0 radical (unpaired) electrons. The second-order valence-corrected chi connectivity index (χ2v) is 10.8. The lowest BCUT2D eigenvalue weighted by Crippen LogP contribution is -2.30. The van der Waals surface area contributed by atoms with E-state index in [2.05, 4.69) is 5.32 Å². The molecule has 0 aliphatic heterocycles. The summed E-state index contributed by atoms with van der Waals surface area (Å²) in [4.78, 5) is 44.5. The zero-order valence-corrected chi connectivity index (χ0v) is 23.2. The van der Waals surface area contributed by atoms with Gasteiger partial charge in [-0.1, -0.05) is 23.9 Å². The summed E-state index contributed by atoms with van der Waals surface area (Å²) in [5.41, 5.74) is 3.88. The van der Waals surface area contributed by atoms with E-state index in [0.717, 1.165) is 11.1 Å². The van der Waals surface area contributed by atoms with Crippen molar-refractivity contribution in [1.82, 2.24) is 14.9 Å². The molecular formula is C30H31N3O4S. The maximum Gasteiger partial charge on any atom is 0.266 e. The number of Topliss-reactive ketones (excluding diaryl/α,β-unsaturated/α-hetero) is 1. The summed E-state index contributed by atoms with van der Waals surface area (Å²) < 4.78 is 6.78. The molecule has 0 saturated heterocycles. The Labute approximate surface area is 226 Å². The third-order valence-corrected chi connectivity index (χ3v) is 7.35. The summed E-state index contributed by atoms with van der Waals surface area (Å²) in [6.45, 7) is 9.55. The van der Waals surface area contributed by atoms with Gasteiger partial charge in [0, 0.05) is 17.2 Å². The highest BCUT2D eigenvalue weighted by Gasteiger charge is 2.22. The van der Waals surface area contributed by atoms with Gasteiger partial charge in [0.2, 0.25) is 0 Å². The predicted molar refractivity (Wildman–Crippen MR) is 152 cm³/mol. The summed E-state index contributed by atoms with van der Waals surface area (Å²) in [6, 6.07) is 17.6. The molecule has 8 heteroatoms. The number of methoxy groups -OCH3 is 1. The van der Waals surface area contributed by atoms with Gasteiger partial charge in [-0.15, -0.1) is 0 Å². The molecule has 38 heavy (non-hydrogen) atoms. The molecular weight excluding hydrogens is 498 g/mol. The Morgan fingerprint density at radius 2 is 1.61 bits per heavy atom. The average Bonchev–Trinajstić information content (AvgIpc) is 2.89. The molecule has 4 aromatic rings. The molecule has 196 valence electrons. The number of fused-ring (bicyclic) bond motifs is 1. The molecule has 1 heterocycles. The molecule has 1 N–H and O–H groups in total. The second-order valence-electron chi connectivity index (χ2n) is 9.52. The lowest BCUT2D eigenvalue weighted by Gasteiger charge is -2.17. The first kappa shape index (κ1) is 27.1. The van der Waals surface area contributed by atoms with Crippen molar-refractivity contribution >= 4 is 34.4 Å².